The van der Waals surface area contributed by atoms with E-state index in [0.29, 0.717) is 6.61 Å². The Kier molecular flexibility index (Phi) is 6.51. The van der Waals surface area contributed by atoms with E-state index in [9.17, 15) is 0 Å². The minimum Gasteiger partial charge on any atom is -0.483 e. The molecular formula is C14H30O5Si3. The van der Waals surface area contributed by atoms with Crippen molar-refractivity contribution in [2.45, 2.75) is 52.8 Å². The quantitative estimate of drug-likeness (QED) is 0.203. The molecule has 0 aromatic rings. The predicted molar refractivity (Wildman–Crippen MR) is 95.3 cm³/mol. The molecule has 1 fully saturated rings. The van der Waals surface area contributed by atoms with E-state index in [1.807, 2.05) is 6.92 Å². The zero-order valence-corrected chi connectivity index (χ0v) is 18.1. The maximum Gasteiger partial charge on any atom is 0.347 e. The summed E-state index contributed by atoms with van der Waals surface area (Å²) in [7, 11) is -5.85. The zero-order valence-electron chi connectivity index (χ0n) is 15.1. The summed E-state index contributed by atoms with van der Waals surface area (Å²) in [5.74, 6) is 0.854. The zero-order chi connectivity index (χ0) is 17.0. The molecule has 8 heteroatoms. The Hall–Kier alpha value is -0.549. The van der Waals surface area contributed by atoms with Gasteiger partial charge in [-0.05, 0) is 52.8 Å². The summed E-state index contributed by atoms with van der Waals surface area (Å²) in [5, 5.41) is 1.04. The Balaban J connectivity index is 2.68. The van der Waals surface area contributed by atoms with Crippen LogP contribution in [0.15, 0.2) is 23.5 Å². The van der Waals surface area contributed by atoms with E-state index in [1.54, 1.807) is 12.5 Å². The van der Waals surface area contributed by atoms with Crippen molar-refractivity contribution in [2.75, 3.05) is 13.4 Å². The van der Waals surface area contributed by atoms with Crippen LogP contribution in [0.2, 0.25) is 45.8 Å². The highest BCUT2D eigenvalue weighted by molar-refractivity contribution is 6.90. The summed E-state index contributed by atoms with van der Waals surface area (Å²) in [4.78, 5) is 0. The van der Waals surface area contributed by atoms with Crippen LogP contribution in [0.25, 0.3) is 0 Å². The van der Waals surface area contributed by atoms with Gasteiger partial charge in [0.1, 0.15) is 12.9 Å². The second kappa shape index (κ2) is 7.35. The number of ether oxygens (including phenoxy) is 3. The van der Waals surface area contributed by atoms with Crippen molar-refractivity contribution in [3.63, 3.8) is 0 Å². The highest BCUT2D eigenvalue weighted by Crippen LogP contribution is 2.26. The molecule has 0 spiro atoms. The van der Waals surface area contributed by atoms with E-state index in [2.05, 4.69) is 45.8 Å². The average molecular weight is 363 g/mol. The molecule has 0 bridgehead atoms. The van der Waals surface area contributed by atoms with Crippen molar-refractivity contribution in [2.24, 2.45) is 0 Å². The summed E-state index contributed by atoms with van der Waals surface area (Å²) < 4.78 is 28.5. The van der Waals surface area contributed by atoms with Crippen molar-refractivity contribution in [3.05, 3.63) is 23.5 Å². The molecule has 5 nitrogen and oxygen atoms in total. The lowest BCUT2D eigenvalue weighted by Gasteiger charge is -2.38. The Bertz CT molecular complexity index is 413. The second-order valence-corrected chi connectivity index (χ2v) is 20.3. The van der Waals surface area contributed by atoms with E-state index in [1.165, 1.54) is 0 Å². The van der Waals surface area contributed by atoms with E-state index in [4.69, 9.17) is 22.4 Å². The molecule has 1 heterocycles. The molecule has 1 rings (SSSR count). The minimum atomic E-state index is -2.43. The Morgan fingerprint density at radius 3 is 1.91 bits per heavy atom. The third kappa shape index (κ3) is 8.18. The molecule has 0 atom stereocenters. The van der Waals surface area contributed by atoms with Gasteiger partial charge in [0.05, 0.1) is 6.26 Å². The van der Waals surface area contributed by atoms with Gasteiger partial charge in [-0.1, -0.05) is 0 Å². The summed E-state index contributed by atoms with van der Waals surface area (Å²) in [6, 6.07) is 0. The van der Waals surface area contributed by atoms with Crippen molar-refractivity contribution < 1.29 is 22.4 Å². The van der Waals surface area contributed by atoms with Gasteiger partial charge in [0.15, 0.2) is 22.4 Å². The molecular weight excluding hydrogens is 332 g/mol. The van der Waals surface area contributed by atoms with Gasteiger partial charge in [0.2, 0.25) is 6.79 Å². The number of allylic oxidation sites excluding steroid dienone is 1. The maximum absolute atomic E-state index is 6.44. The van der Waals surface area contributed by atoms with Crippen molar-refractivity contribution >= 4 is 25.2 Å². The van der Waals surface area contributed by atoms with Gasteiger partial charge in [-0.25, -0.2) is 0 Å². The van der Waals surface area contributed by atoms with Crippen molar-refractivity contribution in [3.8, 4) is 0 Å². The summed E-state index contributed by atoms with van der Waals surface area (Å²) in [5.41, 5.74) is 0. The molecule has 0 saturated carbocycles. The Morgan fingerprint density at radius 1 is 1.00 bits per heavy atom. The molecule has 0 aromatic heterocycles. The van der Waals surface area contributed by atoms with Crippen LogP contribution in [0, 0.1) is 0 Å². The Morgan fingerprint density at radius 2 is 1.50 bits per heavy atom. The second-order valence-electron chi connectivity index (χ2n) is 7.50. The molecule has 0 amide bonds. The fourth-order valence-electron chi connectivity index (χ4n) is 1.89. The molecule has 0 aliphatic carbocycles. The molecule has 22 heavy (non-hydrogen) atoms. The van der Waals surface area contributed by atoms with Gasteiger partial charge in [0, 0.05) is 5.20 Å². The van der Waals surface area contributed by atoms with Crippen molar-refractivity contribution in [1.29, 1.82) is 0 Å². The monoisotopic (exact) mass is 362 g/mol. The number of hydrogen-bond donors (Lipinski definition) is 0. The van der Waals surface area contributed by atoms with Gasteiger partial charge >= 0.3 is 8.56 Å². The first-order chi connectivity index (χ1) is 9.91. The van der Waals surface area contributed by atoms with Crippen LogP contribution in [-0.2, 0) is 22.4 Å². The molecule has 0 aromatic carbocycles. The van der Waals surface area contributed by atoms with Gasteiger partial charge in [-0.3, -0.25) is 0 Å². The largest absolute Gasteiger partial charge is 0.483 e. The molecule has 1 aliphatic rings. The average Bonchev–Trinajstić information content (AvgIpc) is 3.06. The number of rotatable bonds is 9. The third-order valence-electron chi connectivity index (χ3n) is 2.64. The smallest absolute Gasteiger partial charge is 0.347 e. The molecule has 0 radical (unpaired) electrons. The highest BCUT2D eigenvalue weighted by atomic mass is 28.5. The summed E-state index contributed by atoms with van der Waals surface area (Å²) in [6.07, 6.45) is 3.30. The topological polar surface area (TPSA) is 49.5 Å². The van der Waals surface area contributed by atoms with Gasteiger partial charge < -0.3 is 22.4 Å². The molecule has 128 valence electrons. The first-order valence-corrected chi connectivity index (χ1v) is 16.7. The standard InChI is InChI=1S/C14H30O5Si3/c1-13(9-15-12-16-10-14-11-17-14)22(8,18-20(2,3)4)19-21(5,6)7/h9-10H,11-12H2,1-8H3/b13-9+,14-10+. The fraction of sp³-hybridized carbons (Fsp3) is 0.714. The van der Waals surface area contributed by atoms with Crippen molar-refractivity contribution in [1.82, 2.24) is 0 Å². The third-order valence-corrected chi connectivity index (χ3v) is 12.2. The van der Waals surface area contributed by atoms with Crippen LogP contribution in [-0.4, -0.2) is 38.6 Å². The maximum atomic E-state index is 6.44. The van der Waals surface area contributed by atoms with Gasteiger partial charge in [-0.2, -0.15) is 0 Å². The lowest BCUT2D eigenvalue weighted by atomic mass is 10.7. The predicted octanol–water partition coefficient (Wildman–Crippen LogP) is 4.07. The normalized spacial score (nSPS) is 18.2. The van der Waals surface area contributed by atoms with E-state index in [0.717, 1.165) is 11.0 Å². The Labute approximate surface area is 137 Å². The van der Waals surface area contributed by atoms with Crippen LogP contribution in [0.5, 0.6) is 0 Å². The van der Waals surface area contributed by atoms with Crippen LogP contribution < -0.4 is 0 Å². The fourth-order valence-corrected chi connectivity index (χ4v) is 13.4. The molecule has 0 N–H and O–H groups in total. The van der Waals surface area contributed by atoms with Gasteiger partial charge in [0.25, 0.3) is 0 Å². The van der Waals surface area contributed by atoms with Crippen LogP contribution in [0.4, 0.5) is 0 Å². The summed E-state index contributed by atoms with van der Waals surface area (Å²) >= 11 is 0. The molecule has 1 saturated heterocycles. The first-order valence-electron chi connectivity index (χ1n) is 7.54. The molecule has 0 unspecified atom stereocenters. The van der Waals surface area contributed by atoms with E-state index in [-0.39, 0.29) is 6.79 Å². The first kappa shape index (κ1) is 19.5. The van der Waals surface area contributed by atoms with Gasteiger partial charge in [-0.15, -0.1) is 0 Å². The number of hydrogen-bond acceptors (Lipinski definition) is 5. The summed E-state index contributed by atoms with van der Waals surface area (Å²) in [6.45, 7) is 18.1. The van der Waals surface area contributed by atoms with Crippen LogP contribution >= 0.6 is 0 Å². The molecule has 1 aliphatic heterocycles. The van der Waals surface area contributed by atoms with Crippen LogP contribution in [0.1, 0.15) is 6.92 Å². The van der Waals surface area contributed by atoms with E-state index >= 15 is 0 Å². The lowest BCUT2D eigenvalue weighted by Crippen LogP contribution is -2.53. The SMILES string of the molecule is C/C(=C\OCO/C=C1\CO1)[Si](C)(O[Si](C)(C)C)O[Si](C)(C)C. The van der Waals surface area contributed by atoms with Crippen LogP contribution in [0.3, 0.4) is 0 Å². The lowest BCUT2D eigenvalue weighted by molar-refractivity contribution is 0.0430. The number of epoxide rings is 1. The van der Waals surface area contributed by atoms with E-state index < -0.39 is 25.2 Å². The highest BCUT2D eigenvalue weighted by Gasteiger charge is 2.42. The minimum absolute atomic E-state index is 0.161.